The van der Waals surface area contributed by atoms with E-state index >= 15 is 0 Å². The van der Waals surface area contributed by atoms with Crippen LogP contribution in [0, 0.1) is 34.5 Å². The molecule has 0 spiro atoms. The Balaban J connectivity index is 1.80. The Bertz CT molecular complexity index is 606. The number of aliphatic hydroxyl groups excluding tert-OH is 1. The molecular weight excluding hydrogens is 300 g/mol. The van der Waals surface area contributed by atoms with Crippen LogP contribution < -0.4 is 0 Å². The van der Waals surface area contributed by atoms with Gasteiger partial charge in [0.1, 0.15) is 0 Å². The number of aliphatic hydroxyl groups is 2. The number of hydrogen-bond acceptors (Lipinski definition) is 3. The number of carbonyl (C=O) groups is 1. The van der Waals surface area contributed by atoms with Gasteiger partial charge in [-0.15, -0.1) is 0 Å². The smallest absolute Gasteiger partial charge is 0.155 e. The van der Waals surface area contributed by atoms with E-state index in [0.29, 0.717) is 30.6 Å². The second kappa shape index (κ2) is 4.94. The van der Waals surface area contributed by atoms with E-state index in [1.54, 1.807) is 0 Å². The van der Waals surface area contributed by atoms with Gasteiger partial charge >= 0.3 is 0 Å². The number of allylic oxidation sites excluding steroid dienone is 1. The lowest BCUT2D eigenvalue weighted by Crippen LogP contribution is -2.61. The van der Waals surface area contributed by atoms with Crippen LogP contribution in [0.1, 0.15) is 66.2 Å². The van der Waals surface area contributed by atoms with E-state index in [1.807, 2.05) is 13.0 Å². The molecule has 0 aromatic rings. The molecule has 0 bridgehead atoms. The molecule has 134 valence electrons. The molecule has 0 radical (unpaired) electrons. The minimum atomic E-state index is -0.678. The van der Waals surface area contributed by atoms with Crippen molar-refractivity contribution in [3.05, 3.63) is 11.6 Å². The molecule has 4 rings (SSSR count). The van der Waals surface area contributed by atoms with Crippen molar-refractivity contribution in [1.29, 1.82) is 0 Å². The Morgan fingerprint density at radius 1 is 1.21 bits per heavy atom. The first-order valence-electron chi connectivity index (χ1n) is 9.74. The number of fused-ring (bicyclic) bond motifs is 5. The molecule has 4 aliphatic carbocycles. The van der Waals surface area contributed by atoms with Gasteiger partial charge in [-0.05, 0) is 74.2 Å². The Labute approximate surface area is 145 Å². The van der Waals surface area contributed by atoms with E-state index in [4.69, 9.17) is 0 Å². The van der Waals surface area contributed by atoms with Crippen LogP contribution in [0.3, 0.4) is 0 Å². The number of ketones is 1. The highest BCUT2D eigenvalue weighted by atomic mass is 16.3. The van der Waals surface area contributed by atoms with Gasteiger partial charge in [-0.3, -0.25) is 4.79 Å². The van der Waals surface area contributed by atoms with Gasteiger partial charge in [-0.2, -0.15) is 0 Å². The number of rotatable bonds is 0. The summed E-state index contributed by atoms with van der Waals surface area (Å²) in [6.45, 7) is 8.76. The summed E-state index contributed by atoms with van der Waals surface area (Å²) in [5.74, 6) is 1.88. The fourth-order valence-electron chi connectivity index (χ4n) is 7.23. The summed E-state index contributed by atoms with van der Waals surface area (Å²) in [4.78, 5) is 12.0. The molecular formula is C21H32O3. The molecule has 3 nitrogen and oxygen atoms in total. The molecule has 24 heavy (non-hydrogen) atoms. The van der Waals surface area contributed by atoms with E-state index in [-0.39, 0.29) is 28.6 Å². The first kappa shape index (κ1) is 16.8. The minimum absolute atomic E-state index is 0.0414. The van der Waals surface area contributed by atoms with Gasteiger partial charge in [-0.1, -0.05) is 26.3 Å². The molecule has 0 heterocycles. The second-order valence-electron chi connectivity index (χ2n) is 9.95. The van der Waals surface area contributed by atoms with Crippen LogP contribution in [0.15, 0.2) is 11.6 Å². The van der Waals surface area contributed by atoms with Gasteiger partial charge in [0, 0.05) is 11.8 Å². The molecule has 0 saturated heterocycles. The van der Waals surface area contributed by atoms with Gasteiger partial charge in [0.25, 0.3) is 0 Å². The Kier molecular flexibility index (Phi) is 3.46. The van der Waals surface area contributed by atoms with Crippen LogP contribution in [0.2, 0.25) is 0 Å². The fraction of sp³-hybridized carbons (Fsp3) is 0.857. The molecule has 0 aromatic heterocycles. The van der Waals surface area contributed by atoms with Crippen molar-refractivity contribution < 1.29 is 15.0 Å². The van der Waals surface area contributed by atoms with Crippen molar-refractivity contribution in [1.82, 2.24) is 0 Å². The maximum Gasteiger partial charge on any atom is 0.155 e. The van der Waals surface area contributed by atoms with E-state index in [9.17, 15) is 15.0 Å². The summed E-state index contributed by atoms with van der Waals surface area (Å²) in [6.07, 6.45) is 6.57. The monoisotopic (exact) mass is 332 g/mol. The molecule has 8 atom stereocenters. The van der Waals surface area contributed by atoms with E-state index in [0.717, 1.165) is 25.7 Å². The highest BCUT2D eigenvalue weighted by molar-refractivity contribution is 5.91. The SMILES string of the molecule is CC1CC2=CC(=O)CC[C@]2(C)[C@H]2C(O)C[C@@]3(C)[C@@H](CC[C@]3(C)O)C12. The maximum absolute atomic E-state index is 12.0. The van der Waals surface area contributed by atoms with E-state index in [2.05, 4.69) is 20.8 Å². The normalized spacial score (nSPS) is 57.0. The third-order valence-corrected chi connectivity index (χ3v) is 8.81. The average molecular weight is 332 g/mol. The molecule has 0 amide bonds. The van der Waals surface area contributed by atoms with Crippen LogP contribution >= 0.6 is 0 Å². The van der Waals surface area contributed by atoms with Crippen molar-refractivity contribution in [2.24, 2.45) is 34.5 Å². The van der Waals surface area contributed by atoms with Crippen LogP contribution in [-0.4, -0.2) is 27.7 Å². The van der Waals surface area contributed by atoms with Crippen LogP contribution in [0.5, 0.6) is 0 Å². The van der Waals surface area contributed by atoms with Gasteiger partial charge in [0.15, 0.2) is 5.78 Å². The molecule has 3 fully saturated rings. The second-order valence-corrected chi connectivity index (χ2v) is 9.95. The van der Waals surface area contributed by atoms with Gasteiger partial charge < -0.3 is 10.2 Å². The van der Waals surface area contributed by atoms with Crippen LogP contribution in [-0.2, 0) is 4.79 Å². The zero-order valence-corrected chi connectivity index (χ0v) is 15.5. The van der Waals surface area contributed by atoms with Crippen molar-refractivity contribution in [3.63, 3.8) is 0 Å². The first-order chi connectivity index (χ1) is 11.1. The largest absolute Gasteiger partial charge is 0.393 e. The van der Waals surface area contributed by atoms with Gasteiger partial charge in [-0.25, -0.2) is 0 Å². The minimum Gasteiger partial charge on any atom is -0.393 e. The van der Waals surface area contributed by atoms with Gasteiger partial charge in [0.05, 0.1) is 11.7 Å². The standard InChI is InChI=1S/C21H32O3/c1-12-9-13-10-14(22)5-7-19(13,2)18-16(23)11-20(3)15(17(12)18)6-8-21(20,4)24/h10,12,15-18,23-24H,5-9,11H2,1-4H3/t12?,15-,16?,17?,18-,19-,20-,21-/m0/s1. The maximum atomic E-state index is 12.0. The Morgan fingerprint density at radius 3 is 2.62 bits per heavy atom. The highest BCUT2D eigenvalue weighted by Gasteiger charge is 2.66. The number of carbonyl (C=O) groups excluding carboxylic acids is 1. The zero-order valence-electron chi connectivity index (χ0n) is 15.5. The average Bonchev–Trinajstić information content (AvgIpc) is 2.71. The molecule has 0 aromatic carbocycles. The van der Waals surface area contributed by atoms with Gasteiger partial charge in [0.2, 0.25) is 0 Å². The van der Waals surface area contributed by atoms with Crippen molar-refractivity contribution in [2.45, 2.75) is 77.9 Å². The van der Waals surface area contributed by atoms with Crippen LogP contribution in [0.4, 0.5) is 0 Å². The molecule has 3 unspecified atom stereocenters. The zero-order chi connectivity index (χ0) is 17.5. The predicted octanol–water partition coefficient (Wildman–Crippen LogP) is 3.49. The van der Waals surface area contributed by atoms with E-state index in [1.165, 1.54) is 5.57 Å². The lowest BCUT2D eigenvalue weighted by atomic mass is 9.43. The summed E-state index contributed by atoms with van der Waals surface area (Å²) < 4.78 is 0. The Morgan fingerprint density at radius 2 is 1.92 bits per heavy atom. The quantitative estimate of drug-likeness (QED) is 0.714. The summed E-state index contributed by atoms with van der Waals surface area (Å²) in [5, 5.41) is 22.2. The molecule has 3 heteroatoms. The molecule has 2 N–H and O–H groups in total. The topological polar surface area (TPSA) is 57.5 Å². The van der Waals surface area contributed by atoms with Crippen molar-refractivity contribution >= 4 is 5.78 Å². The summed E-state index contributed by atoms with van der Waals surface area (Å²) in [6, 6.07) is 0. The number of hydrogen-bond donors (Lipinski definition) is 2. The molecule has 4 aliphatic rings. The summed E-state index contributed by atoms with van der Waals surface area (Å²) >= 11 is 0. The lowest BCUT2D eigenvalue weighted by molar-refractivity contribution is -0.176. The third-order valence-electron chi connectivity index (χ3n) is 8.81. The van der Waals surface area contributed by atoms with Crippen LogP contribution in [0.25, 0.3) is 0 Å². The summed E-state index contributed by atoms with van der Waals surface area (Å²) in [7, 11) is 0. The molecule has 0 aliphatic heterocycles. The fourth-order valence-corrected chi connectivity index (χ4v) is 7.23. The third kappa shape index (κ3) is 1.94. The summed E-state index contributed by atoms with van der Waals surface area (Å²) in [5.41, 5.74) is 0.368. The Hall–Kier alpha value is -0.670. The lowest BCUT2D eigenvalue weighted by Gasteiger charge is -2.62. The van der Waals surface area contributed by atoms with Crippen molar-refractivity contribution in [2.75, 3.05) is 0 Å². The first-order valence-corrected chi connectivity index (χ1v) is 9.74. The highest BCUT2D eigenvalue weighted by Crippen LogP contribution is 2.68. The molecule has 3 saturated carbocycles. The van der Waals surface area contributed by atoms with Crippen molar-refractivity contribution in [3.8, 4) is 0 Å². The van der Waals surface area contributed by atoms with E-state index < -0.39 is 5.60 Å². The predicted molar refractivity (Wildman–Crippen MR) is 93.3 cm³/mol.